The van der Waals surface area contributed by atoms with Gasteiger partial charge in [0.15, 0.2) is 5.75 Å². The fraction of sp³-hybridized carbons (Fsp3) is 0.278. The highest BCUT2D eigenvalue weighted by molar-refractivity contribution is 6.30. The molecule has 0 bridgehead atoms. The Morgan fingerprint density at radius 1 is 1.22 bits per heavy atom. The normalized spacial score (nSPS) is 11.1. The van der Waals surface area contributed by atoms with Crippen molar-refractivity contribution in [3.63, 3.8) is 0 Å². The summed E-state index contributed by atoms with van der Waals surface area (Å²) in [7, 11) is 0. The van der Waals surface area contributed by atoms with Crippen LogP contribution in [0.2, 0.25) is 5.02 Å². The molecule has 2 aromatic carbocycles. The van der Waals surface area contributed by atoms with Gasteiger partial charge in [-0.25, -0.2) is 0 Å². The summed E-state index contributed by atoms with van der Waals surface area (Å²) in [4.78, 5) is 0. The van der Waals surface area contributed by atoms with Crippen molar-refractivity contribution in [3.05, 3.63) is 46.5 Å². The van der Waals surface area contributed by atoms with Gasteiger partial charge in [-0.1, -0.05) is 44.5 Å². The van der Waals surface area contributed by atoms with E-state index in [1.165, 1.54) is 0 Å². The van der Waals surface area contributed by atoms with Crippen molar-refractivity contribution in [1.82, 2.24) is 0 Å². The molecule has 2 rings (SSSR count). The molecule has 0 saturated heterocycles. The molecule has 0 unspecified atom stereocenters. The van der Waals surface area contributed by atoms with Gasteiger partial charge < -0.3 is 10.0 Å². The first kappa shape index (κ1) is 17.5. The van der Waals surface area contributed by atoms with Gasteiger partial charge in [0.05, 0.1) is 12.5 Å². The molecule has 120 valence electrons. The molecule has 0 spiro atoms. The predicted octanol–water partition coefficient (Wildman–Crippen LogP) is 5.49. The molecule has 2 aromatic rings. The minimum absolute atomic E-state index is 0.180. The van der Waals surface area contributed by atoms with E-state index in [1.54, 1.807) is 12.1 Å². The first-order valence-electron chi connectivity index (χ1n) is 7.17. The quantitative estimate of drug-likeness (QED) is 0.746. The van der Waals surface area contributed by atoms with Crippen LogP contribution in [0.15, 0.2) is 30.3 Å². The van der Waals surface area contributed by atoms with E-state index in [1.807, 2.05) is 18.2 Å². The van der Waals surface area contributed by atoms with E-state index in [0.717, 1.165) is 11.1 Å². The van der Waals surface area contributed by atoms with Crippen molar-refractivity contribution in [2.24, 2.45) is 0 Å². The van der Waals surface area contributed by atoms with Gasteiger partial charge in [-0.2, -0.15) is 5.26 Å². The Hall–Kier alpha value is -1.89. The van der Waals surface area contributed by atoms with E-state index in [2.05, 4.69) is 26.8 Å². The maximum atomic E-state index is 9.10. The monoisotopic (exact) mass is 348 g/mol. The predicted molar refractivity (Wildman–Crippen MR) is 95.8 cm³/mol. The second kappa shape index (κ2) is 6.70. The zero-order valence-corrected chi connectivity index (χ0v) is 14.8. The van der Waals surface area contributed by atoms with Crippen molar-refractivity contribution in [2.75, 3.05) is 5.73 Å². The third kappa shape index (κ3) is 3.55. The summed E-state index contributed by atoms with van der Waals surface area (Å²) < 4.78 is 5.07. The molecule has 0 heterocycles. The van der Waals surface area contributed by atoms with Crippen LogP contribution in [0.25, 0.3) is 11.1 Å². The van der Waals surface area contributed by atoms with Crippen LogP contribution in [0, 0.1) is 11.3 Å². The molecule has 0 fully saturated rings. The lowest BCUT2D eigenvalue weighted by molar-refractivity contribution is 0.584. The molecule has 0 radical (unpaired) electrons. The van der Waals surface area contributed by atoms with Crippen molar-refractivity contribution in [2.45, 2.75) is 32.6 Å². The molecule has 0 saturated carbocycles. The molecular weight excluding hydrogens is 331 g/mol. The van der Waals surface area contributed by atoms with E-state index in [4.69, 9.17) is 38.8 Å². The van der Waals surface area contributed by atoms with Crippen molar-refractivity contribution < 1.29 is 4.29 Å². The Kier molecular flexibility index (Phi) is 5.09. The molecule has 0 aliphatic rings. The fourth-order valence-corrected chi connectivity index (χ4v) is 2.87. The number of nitrogens with two attached hydrogens (primary N) is 1. The highest BCUT2D eigenvalue weighted by atomic mass is 35.5. The average Bonchev–Trinajstić information content (AvgIpc) is 2.48. The van der Waals surface area contributed by atoms with Crippen LogP contribution in [0.1, 0.15) is 31.9 Å². The van der Waals surface area contributed by atoms with Crippen LogP contribution in [-0.2, 0) is 11.8 Å². The van der Waals surface area contributed by atoms with E-state index in [-0.39, 0.29) is 11.8 Å². The number of halogens is 2. The van der Waals surface area contributed by atoms with Crippen LogP contribution < -0.4 is 10.0 Å². The summed E-state index contributed by atoms with van der Waals surface area (Å²) in [5, 5.41) is 9.73. The lowest BCUT2D eigenvalue weighted by Crippen LogP contribution is -2.16. The Morgan fingerprint density at radius 3 is 2.30 bits per heavy atom. The second-order valence-corrected chi connectivity index (χ2v) is 6.96. The van der Waals surface area contributed by atoms with Crippen molar-refractivity contribution in [3.8, 4) is 22.9 Å². The topological polar surface area (TPSA) is 59.0 Å². The SMILES string of the molecule is CC(C)(C)c1cc(CC#N)c(OCl)c(-c2ccc(Cl)cc2)c1N. The van der Waals surface area contributed by atoms with Gasteiger partial charge in [0, 0.05) is 21.8 Å². The second-order valence-electron chi connectivity index (χ2n) is 6.37. The minimum atomic E-state index is -0.180. The van der Waals surface area contributed by atoms with Crippen molar-refractivity contribution in [1.29, 1.82) is 5.26 Å². The largest absolute Gasteiger partial charge is 0.398 e. The number of nitriles is 1. The maximum Gasteiger partial charge on any atom is 0.160 e. The molecule has 23 heavy (non-hydrogen) atoms. The van der Waals surface area contributed by atoms with Crippen LogP contribution in [-0.4, -0.2) is 0 Å². The number of hydrogen-bond donors (Lipinski definition) is 1. The summed E-state index contributed by atoms with van der Waals surface area (Å²) >= 11 is 11.7. The van der Waals surface area contributed by atoms with E-state index in [0.29, 0.717) is 27.6 Å². The van der Waals surface area contributed by atoms with Gasteiger partial charge in [0.25, 0.3) is 0 Å². The number of nitrogens with zero attached hydrogens (tertiary/aromatic N) is 1. The zero-order chi connectivity index (χ0) is 17.2. The van der Waals surface area contributed by atoms with Gasteiger partial charge >= 0.3 is 0 Å². The van der Waals surface area contributed by atoms with Crippen LogP contribution in [0.5, 0.6) is 5.75 Å². The standard InChI is InChI=1S/C18H18Cl2N2O/c1-18(2,3)14-10-12(8-9-21)17(23-20)15(16(14)22)11-4-6-13(19)7-5-11/h4-7,10H,8,22H2,1-3H3. The third-order valence-electron chi connectivity index (χ3n) is 3.68. The summed E-state index contributed by atoms with van der Waals surface area (Å²) in [5.74, 6) is 0.418. The number of benzene rings is 2. The van der Waals surface area contributed by atoms with Gasteiger partial charge in [-0.15, -0.1) is 0 Å². The number of nitrogen functional groups attached to an aromatic ring is 1. The smallest absolute Gasteiger partial charge is 0.160 e. The summed E-state index contributed by atoms with van der Waals surface area (Å²) in [6.45, 7) is 6.21. The molecule has 0 aliphatic carbocycles. The molecule has 2 N–H and O–H groups in total. The zero-order valence-electron chi connectivity index (χ0n) is 13.3. The number of anilines is 1. The lowest BCUT2D eigenvalue weighted by Gasteiger charge is -2.25. The van der Waals surface area contributed by atoms with Gasteiger partial charge in [-0.3, -0.25) is 0 Å². The summed E-state index contributed by atoms with van der Waals surface area (Å²) in [6, 6.07) is 11.3. The van der Waals surface area contributed by atoms with Crippen LogP contribution >= 0.6 is 23.5 Å². The number of rotatable bonds is 3. The van der Waals surface area contributed by atoms with E-state index < -0.39 is 0 Å². The Balaban J connectivity index is 2.84. The third-order valence-corrected chi connectivity index (χ3v) is 4.09. The Bertz CT molecular complexity index is 757. The summed E-state index contributed by atoms with van der Waals surface area (Å²) in [5.41, 5.74) is 10.0. The Labute approximate surface area is 146 Å². The molecule has 0 aromatic heterocycles. The molecule has 0 atom stereocenters. The molecule has 3 nitrogen and oxygen atoms in total. The minimum Gasteiger partial charge on any atom is -0.398 e. The average molecular weight is 349 g/mol. The first-order valence-corrected chi connectivity index (χ1v) is 7.85. The van der Waals surface area contributed by atoms with Crippen LogP contribution in [0.4, 0.5) is 5.69 Å². The molecule has 5 heteroatoms. The fourth-order valence-electron chi connectivity index (χ4n) is 2.56. The highest BCUT2D eigenvalue weighted by Gasteiger charge is 2.25. The molecular formula is C18H18Cl2N2O. The summed E-state index contributed by atoms with van der Waals surface area (Å²) in [6.07, 6.45) is 0.187. The molecule has 0 amide bonds. The van der Waals surface area contributed by atoms with Gasteiger partial charge in [0.1, 0.15) is 11.9 Å². The first-order chi connectivity index (χ1) is 10.8. The Morgan fingerprint density at radius 2 is 1.83 bits per heavy atom. The van der Waals surface area contributed by atoms with Gasteiger partial charge in [0.2, 0.25) is 0 Å². The molecule has 0 aliphatic heterocycles. The van der Waals surface area contributed by atoms with Crippen LogP contribution in [0.3, 0.4) is 0 Å². The highest BCUT2D eigenvalue weighted by Crippen LogP contribution is 2.44. The van der Waals surface area contributed by atoms with E-state index in [9.17, 15) is 0 Å². The van der Waals surface area contributed by atoms with Gasteiger partial charge in [-0.05, 0) is 34.7 Å². The maximum absolute atomic E-state index is 9.10. The number of hydrogen-bond acceptors (Lipinski definition) is 3. The van der Waals surface area contributed by atoms with E-state index >= 15 is 0 Å². The lowest BCUT2D eigenvalue weighted by atomic mass is 9.81. The van der Waals surface area contributed by atoms with Crippen molar-refractivity contribution >= 4 is 29.2 Å².